The molecule has 1 amide bonds. The van der Waals surface area contributed by atoms with Gasteiger partial charge in [-0.15, -0.1) is 0 Å². The molecule has 0 bridgehead atoms. The maximum Gasteiger partial charge on any atom is 0.344 e. The second-order valence-electron chi connectivity index (χ2n) is 6.87. The number of benzene rings is 3. The van der Waals surface area contributed by atoms with E-state index in [4.69, 9.17) is 18.6 Å². The molecule has 0 saturated heterocycles. The minimum atomic E-state index is -0.588. The zero-order valence-corrected chi connectivity index (χ0v) is 17.8. The lowest BCUT2D eigenvalue weighted by Gasteiger charge is -2.15. The highest BCUT2D eigenvalue weighted by Gasteiger charge is 2.22. The second-order valence-corrected chi connectivity index (χ2v) is 6.87. The molecule has 4 rings (SSSR count). The van der Waals surface area contributed by atoms with Crippen molar-refractivity contribution >= 4 is 22.4 Å². The maximum atomic E-state index is 13.3. The summed E-state index contributed by atoms with van der Waals surface area (Å²) in [4.78, 5) is 25.9. The lowest BCUT2D eigenvalue weighted by molar-refractivity contribution is 0.0994. The molecule has 0 radical (unpaired) electrons. The van der Waals surface area contributed by atoms with E-state index in [0.29, 0.717) is 39.3 Å². The van der Waals surface area contributed by atoms with E-state index in [-0.39, 0.29) is 5.76 Å². The van der Waals surface area contributed by atoms with Gasteiger partial charge in [-0.2, -0.15) is 0 Å². The molecule has 3 aromatic carbocycles. The number of methoxy groups -OCH3 is 3. The van der Waals surface area contributed by atoms with Gasteiger partial charge >= 0.3 is 5.63 Å². The molecule has 0 saturated carbocycles. The van der Waals surface area contributed by atoms with Crippen LogP contribution < -0.4 is 25.2 Å². The normalized spacial score (nSPS) is 10.6. The van der Waals surface area contributed by atoms with Crippen LogP contribution in [0.15, 0.2) is 75.9 Å². The van der Waals surface area contributed by atoms with Crippen LogP contribution in [0.25, 0.3) is 21.9 Å². The average molecular weight is 431 g/mol. The summed E-state index contributed by atoms with van der Waals surface area (Å²) in [7, 11) is 4.46. The van der Waals surface area contributed by atoms with Crippen molar-refractivity contribution in [2.75, 3.05) is 26.6 Å². The molecular weight excluding hydrogens is 410 g/mol. The molecule has 7 heteroatoms. The van der Waals surface area contributed by atoms with E-state index >= 15 is 0 Å². The summed E-state index contributed by atoms with van der Waals surface area (Å²) < 4.78 is 21.5. The Bertz CT molecular complexity index is 1320. The quantitative estimate of drug-likeness (QED) is 0.475. The standard InChI is InChI=1S/C25H21NO6/c1-29-19-13-16(14-20(30-2)22(19)31-3)26-24(27)23-21(15-9-5-4-6-10-15)17-11-7-8-12-18(17)25(28)32-23/h4-14H,1-3H3,(H,26,27). The van der Waals surface area contributed by atoms with Crippen molar-refractivity contribution in [1.29, 1.82) is 0 Å². The molecule has 1 N–H and O–H groups in total. The van der Waals surface area contributed by atoms with Gasteiger partial charge in [-0.1, -0.05) is 48.5 Å². The summed E-state index contributed by atoms with van der Waals surface area (Å²) in [5.41, 5.74) is 1.09. The Morgan fingerprint density at radius 3 is 2.00 bits per heavy atom. The fraction of sp³-hybridized carbons (Fsp3) is 0.120. The van der Waals surface area contributed by atoms with Gasteiger partial charge in [0, 0.05) is 28.8 Å². The van der Waals surface area contributed by atoms with Crippen molar-refractivity contribution in [3.63, 3.8) is 0 Å². The minimum absolute atomic E-state index is 0.0892. The molecule has 0 aliphatic carbocycles. The largest absolute Gasteiger partial charge is 0.493 e. The zero-order valence-electron chi connectivity index (χ0n) is 17.8. The molecule has 0 aliphatic rings. The van der Waals surface area contributed by atoms with Crippen LogP contribution in [0.3, 0.4) is 0 Å². The monoisotopic (exact) mass is 431 g/mol. The van der Waals surface area contributed by atoms with Crippen LogP contribution in [-0.4, -0.2) is 27.2 Å². The van der Waals surface area contributed by atoms with Crippen LogP contribution in [0.1, 0.15) is 10.6 Å². The van der Waals surface area contributed by atoms with Crippen LogP contribution in [0.2, 0.25) is 0 Å². The third kappa shape index (κ3) is 3.76. The van der Waals surface area contributed by atoms with Crippen LogP contribution >= 0.6 is 0 Å². The highest BCUT2D eigenvalue weighted by atomic mass is 16.5. The molecule has 4 aromatic rings. The number of hydrogen-bond acceptors (Lipinski definition) is 6. The Balaban J connectivity index is 1.86. The average Bonchev–Trinajstić information content (AvgIpc) is 2.83. The first-order valence-corrected chi connectivity index (χ1v) is 9.80. The fourth-order valence-electron chi connectivity index (χ4n) is 3.59. The summed E-state index contributed by atoms with van der Waals surface area (Å²) >= 11 is 0. The molecule has 0 fully saturated rings. The first-order chi connectivity index (χ1) is 15.6. The molecule has 0 spiro atoms. The van der Waals surface area contributed by atoms with Gasteiger partial charge in [0.25, 0.3) is 5.91 Å². The van der Waals surface area contributed by atoms with Crippen molar-refractivity contribution in [3.8, 4) is 28.4 Å². The third-order valence-electron chi connectivity index (χ3n) is 5.03. The van der Waals surface area contributed by atoms with Crippen molar-refractivity contribution < 1.29 is 23.4 Å². The Morgan fingerprint density at radius 1 is 0.812 bits per heavy atom. The Hall–Kier alpha value is -4.26. The number of fused-ring (bicyclic) bond motifs is 1. The number of anilines is 1. The van der Waals surface area contributed by atoms with E-state index in [2.05, 4.69) is 5.32 Å². The first kappa shape index (κ1) is 21.0. The molecule has 162 valence electrons. The van der Waals surface area contributed by atoms with Gasteiger partial charge in [-0.3, -0.25) is 4.79 Å². The highest BCUT2D eigenvalue weighted by molar-refractivity contribution is 6.12. The number of amides is 1. The molecule has 1 heterocycles. The maximum absolute atomic E-state index is 13.3. The van der Waals surface area contributed by atoms with Crippen LogP contribution in [0.4, 0.5) is 5.69 Å². The molecule has 7 nitrogen and oxygen atoms in total. The van der Waals surface area contributed by atoms with Crippen molar-refractivity contribution in [2.45, 2.75) is 0 Å². The minimum Gasteiger partial charge on any atom is -0.493 e. The summed E-state index contributed by atoms with van der Waals surface area (Å²) in [5, 5.41) is 3.80. The number of rotatable bonds is 6. The van der Waals surface area contributed by atoms with E-state index in [9.17, 15) is 9.59 Å². The number of carbonyl (C=O) groups is 1. The van der Waals surface area contributed by atoms with Crippen molar-refractivity contribution in [2.24, 2.45) is 0 Å². The van der Waals surface area contributed by atoms with E-state index in [0.717, 1.165) is 5.56 Å². The molecule has 0 atom stereocenters. The van der Waals surface area contributed by atoms with Gasteiger partial charge in [0.15, 0.2) is 11.5 Å². The predicted molar refractivity (Wildman–Crippen MR) is 122 cm³/mol. The lowest BCUT2D eigenvalue weighted by atomic mass is 9.98. The Kier molecular flexibility index (Phi) is 5.81. The predicted octanol–water partition coefficient (Wildman–Crippen LogP) is 4.74. The molecule has 1 aromatic heterocycles. The summed E-state index contributed by atoms with van der Waals surface area (Å²) in [6.45, 7) is 0. The molecule has 32 heavy (non-hydrogen) atoms. The number of hydrogen-bond donors (Lipinski definition) is 1. The summed E-state index contributed by atoms with van der Waals surface area (Å²) in [6, 6.07) is 19.5. The third-order valence-corrected chi connectivity index (χ3v) is 5.03. The smallest absolute Gasteiger partial charge is 0.344 e. The fourth-order valence-corrected chi connectivity index (χ4v) is 3.59. The number of nitrogens with one attached hydrogen (secondary N) is 1. The number of ether oxygens (including phenoxy) is 3. The zero-order chi connectivity index (χ0) is 22.7. The van der Waals surface area contributed by atoms with Gasteiger partial charge in [0.05, 0.1) is 26.7 Å². The first-order valence-electron chi connectivity index (χ1n) is 9.80. The summed E-state index contributed by atoms with van der Waals surface area (Å²) in [6.07, 6.45) is 0. The van der Waals surface area contributed by atoms with Gasteiger partial charge in [-0.05, 0) is 11.6 Å². The molecule has 0 aliphatic heterocycles. The Morgan fingerprint density at radius 2 is 1.41 bits per heavy atom. The van der Waals surface area contributed by atoms with E-state index in [1.807, 2.05) is 36.4 Å². The van der Waals surface area contributed by atoms with Crippen LogP contribution in [-0.2, 0) is 0 Å². The van der Waals surface area contributed by atoms with Crippen molar-refractivity contribution in [1.82, 2.24) is 0 Å². The topological polar surface area (TPSA) is 87.0 Å². The summed E-state index contributed by atoms with van der Waals surface area (Å²) in [5.74, 6) is 0.487. The lowest BCUT2D eigenvalue weighted by Crippen LogP contribution is -2.17. The van der Waals surface area contributed by atoms with Crippen LogP contribution in [0, 0.1) is 0 Å². The van der Waals surface area contributed by atoms with Crippen LogP contribution in [0.5, 0.6) is 17.2 Å². The second kappa shape index (κ2) is 8.85. The van der Waals surface area contributed by atoms with Gasteiger partial charge in [0.2, 0.25) is 11.5 Å². The SMILES string of the molecule is COc1cc(NC(=O)c2oc(=O)c3ccccc3c2-c2ccccc2)cc(OC)c1OC. The highest BCUT2D eigenvalue weighted by Crippen LogP contribution is 2.40. The number of carbonyl (C=O) groups excluding carboxylic acids is 1. The van der Waals surface area contributed by atoms with Crippen molar-refractivity contribution in [3.05, 3.63) is 82.9 Å². The van der Waals surface area contributed by atoms with Gasteiger partial charge in [-0.25, -0.2) is 4.79 Å². The Labute approximate surface area is 184 Å². The molecule has 0 unspecified atom stereocenters. The van der Waals surface area contributed by atoms with E-state index < -0.39 is 11.5 Å². The van der Waals surface area contributed by atoms with Gasteiger partial charge < -0.3 is 23.9 Å². The van der Waals surface area contributed by atoms with Gasteiger partial charge in [0.1, 0.15) is 0 Å². The van der Waals surface area contributed by atoms with E-state index in [1.165, 1.54) is 21.3 Å². The molecular formula is C25H21NO6. The van der Waals surface area contributed by atoms with E-state index in [1.54, 1.807) is 30.3 Å².